The third-order valence-corrected chi connectivity index (χ3v) is 0. The molecule has 1 radical (unpaired) electrons. The average Bonchev–Trinajstić information content (AvgIpc) is 0. The molecule has 0 aliphatic rings. The van der Waals surface area contributed by atoms with Gasteiger partial charge in [0.1, 0.15) is 0 Å². The molecule has 0 N–H and O–H groups in total. The fourth-order valence-electron chi connectivity index (χ4n) is 0. The fourth-order valence-corrected chi connectivity index (χ4v) is 0. The number of hydrogen-bond acceptors (Lipinski definition) is 0. The standard InChI is InChI=1S/Fe.8Na/q+3;8*+1. The van der Waals surface area contributed by atoms with E-state index in [-0.39, 0.29) is 254 Å². The predicted molar refractivity (Wildman–Crippen MR) is 0 cm³/mol. The SMILES string of the molecule is [Fe+3].[Na+].[Na+].[Na+].[Na+].[Na+].[Na+].[Na+].[Na+]. The second-order valence-corrected chi connectivity index (χ2v) is 0. The van der Waals surface area contributed by atoms with Gasteiger partial charge in [-0.2, -0.15) is 0 Å². The molecule has 0 amide bonds. The first-order valence-electron chi connectivity index (χ1n) is 0. The molecule has 0 aliphatic carbocycles. The van der Waals surface area contributed by atoms with E-state index in [9.17, 15) is 0 Å². The fraction of sp³-hybridized carbons (Fsp3) is 0. The van der Waals surface area contributed by atoms with Gasteiger partial charge in [0, 0.05) is 0 Å². The Hall–Kier alpha value is 8.52. The van der Waals surface area contributed by atoms with Crippen LogP contribution >= 0.6 is 0 Å². The summed E-state index contributed by atoms with van der Waals surface area (Å²) in [6, 6.07) is 0. The van der Waals surface area contributed by atoms with Crippen molar-refractivity contribution in [3.8, 4) is 0 Å². The van der Waals surface area contributed by atoms with E-state index in [2.05, 4.69) is 0 Å². The molecule has 0 saturated carbocycles. The van der Waals surface area contributed by atoms with Gasteiger partial charge in [-0.05, 0) is 0 Å². The van der Waals surface area contributed by atoms with Crippen molar-refractivity contribution in [3.63, 3.8) is 0 Å². The van der Waals surface area contributed by atoms with Gasteiger partial charge in [0.05, 0.1) is 0 Å². The second-order valence-electron chi connectivity index (χ2n) is 0. The summed E-state index contributed by atoms with van der Waals surface area (Å²) < 4.78 is 0. The topological polar surface area (TPSA) is 0 Å². The van der Waals surface area contributed by atoms with Crippen LogP contribution in [0.15, 0.2) is 0 Å². The van der Waals surface area contributed by atoms with Gasteiger partial charge in [0.25, 0.3) is 0 Å². The molecule has 9 heavy (non-hydrogen) atoms. The van der Waals surface area contributed by atoms with Gasteiger partial charge in [-0.15, -0.1) is 0 Å². The molecule has 0 heterocycles. The molecule has 5 valence electrons. The second kappa shape index (κ2) is 54.8. The minimum absolute atomic E-state index is 0. The minimum atomic E-state index is 0. The Bertz CT molecular complexity index is 4.53. The van der Waals surface area contributed by atoms with Crippen molar-refractivity contribution in [2.24, 2.45) is 0 Å². The zero-order valence-electron chi connectivity index (χ0n) is 8.35. The molecule has 0 bridgehead atoms. The molecule has 0 nitrogen and oxygen atoms in total. The zero-order chi connectivity index (χ0) is 0. The van der Waals surface area contributed by atoms with E-state index in [1.807, 2.05) is 0 Å². The summed E-state index contributed by atoms with van der Waals surface area (Å²) >= 11 is 0. The van der Waals surface area contributed by atoms with Crippen LogP contribution in [-0.4, -0.2) is 0 Å². The van der Waals surface area contributed by atoms with Crippen LogP contribution in [-0.2, 0) is 17.1 Å². The molecule has 0 saturated heterocycles. The minimum Gasteiger partial charge on any atom is 1.00 e. The first kappa shape index (κ1) is 65.9. The van der Waals surface area contributed by atoms with Crippen molar-refractivity contribution in [3.05, 3.63) is 0 Å². The summed E-state index contributed by atoms with van der Waals surface area (Å²) in [7, 11) is 0. The average molecular weight is 240 g/mol. The van der Waals surface area contributed by atoms with E-state index in [4.69, 9.17) is 0 Å². The van der Waals surface area contributed by atoms with Crippen LogP contribution in [0.4, 0.5) is 0 Å². The van der Waals surface area contributed by atoms with Crippen LogP contribution in [0.25, 0.3) is 0 Å². The normalized spacial score (nSPS) is 0. The third kappa shape index (κ3) is 48.0. The van der Waals surface area contributed by atoms with Crippen LogP contribution < -0.4 is 236 Å². The van der Waals surface area contributed by atoms with E-state index in [1.165, 1.54) is 0 Å². The Morgan fingerprint density at radius 1 is 0.222 bits per heavy atom. The van der Waals surface area contributed by atoms with Crippen molar-refractivity contribution in [2.75, 3.05) is 0 Å². The van der Waals surface area contributed by atoms with E-state index >= 15 is 0 Å². The maximum atomic E-state index is 0. The smallest absolute Gasteiger partial charge is 1.00 e. The summed E-state index contributed by atoms with van der Waals surface area (Å²) in [5.41, 5.74) is 0. The van der Waals surface area contributed by atoms with Gasteiger partial charge in [-0.1, -0.05) is 0 Å². The van der Waals surface area contributed by atoms with E-state index in [1.54, 1.807) is 0 Å². The summed E-state index contributed by atoms with van der Waals surface area (Å²) in [5, 5.41) is 0. The Labute approximate surface area is 245 Å². The van der Waals surface area contributed by atoms with Crippen molar-refractivity contribution >= 4 is 0 Å². The van der Waals surface area contributed by atoms with Crippen molar-refractivity contribution in [1.29, 1.82) is 0 Å². The molecule has 0 aromatic heterocycles. The molecule has 0 aromatic rings. The monoisotopic (exact) mass is 240 g/mol. The van der Waals surface area contributed by atoms with Crippen molar-refractivity contribution in [1.82, 2.24) is 0 Å². The largest absolute Gasteiger partial charge is 3.00 e. The van der Waals surface area contributed by atoms with Gasteiger partial charge in [0.15, 0.2) is 0 Å². The van der Waals surface area contributed by atoms with Crippen molar-refractivity contribution in [2.45, 2.75) is 0 Å². The van der Waals surface area contributed by atoms with Gasteiger partial charge < -0.3 is 0 Å². The number of rotatable bonds is 0. The van der Waals surface area contributed by atoms with Gasteiger partial charge >= 0.3 is 254 Å². The molecule has 0 atom stereocenters. The molecule has 0 aliphatic heterocycles. The maximum absolute atomic E-state index is 0. The maximum Gasteiger partial charge on any atom is 3.00 e. The van der Waals surface area contributed by atoms with E-state index < -0.39 is 0 Å². The molecule has 0 fully saturated rings. The third-order valence-electron chi connectivity index (χ3n) is 0. The van der Waals surface area contributed by atoms with E-state index in [0.717, 1.165) is 0 Å². The Kier molecular flexibility index (Phi) is 401. The van der Waals surface area contributed by atoms with Crippen LogP contribution in [0.2, 0.25) is 0 Å². The Morgan fingerprint density at radius 2 is 0.222 bits per heavy atom. The molecule has 0 spiro atoms. The molecule has 0 rings (SSSR count). The van der Waals surface area contributed by atoms with Crippen LogP contribution in [0.1, 0.15) is 0 Å². The van der Waals surface area contributed by atoms with Crippen LogP contribution in [0, 0.1) is 0 Å². The van der Waals surface area contributed by atoms with Gasteiger partial charge in [-0.25, -0.2) is 0 Å². The van der Waals surface area contributed by atoms with Crippen LogP contribution in [0.3, 0.4) is 0 Å². The van der Waals surface area contributed by atoms with Crippen LogP contribution in [0.5, 0.6) is 0 Å². The van der Waals surface area contributed by atoms with Crippen molar-refractivity contribution < 1.29 is 254 Å². The Morgan fingerprint density at radius 3 is 0.222 bits per heavy atom. The summed E-state index contributed by atoms with van der Waals surface area (Å²) in [6.45, 7) is 0. The number of hydrogen-bond donors (Lipinski definition) is 0. The molecule has 0 unspecified atom stereocenters. The first-order valence-corrected chi connectivity index (χ1v) is 0. The molecular formula is FeNa8+11. The zero-order valence-corrected chi connectivity index (χ0v) is 25.5. The van der Waals surface area contributed by atoms with E-state index in [0.29, 0.717) is 0 Å². The summed E-state index contributed by atoms with van der Waals surface area (Å²) in [4.78, 5) is 0. The Balaban J connectivity index is 0. The first-order chi connectivity index (χ1) is 0. The molecule has 9 heteroatoms. The quantitative estimate of drug-likeness (QED) is 0.369. The predicted octanol–water partition coefficient (Wildman–Crippen LogP) is -24.0. The summed E-state index contributed by atoms with van der Waals surface area (Å²) in [6.07, 6.45) is 0. The van der Waals surface area contributed by atoms with Gasteiger partial charge in [0.2, 0.25) is 0 Å². The summed E-state index contributed by atoms with van der Waals surface area (Å²) in [5.74, 6) is 0. The molecular weight excluding hydrogens is 240 g/mol. The molecule has 0 aromatic carbocycles. The van der Waals surface area contributed by atoms with Gasteiger partial charge in [-0.3, -0.25) is 0 Å².